The Morgan fingerprint density at radius 1 is 1.32 bits per heavy atom. The van der Waals surface area contributed by atoms with Crippen molar-refractivity contribution < 1.29 is 14.0 Å². The maximum absolute atomic E-state index is 11.7. The van der Waals surface area contributed by atoms with E-state index in [9.17, 15) is 4.79 Å². The van der Waals surface area contributed by atoms with Crippen molar-refractivity contribution in [3.05, 3.63) is 23.8 Å². The van der Waals surface area contributed by atoms with Crippen molar-refractivity contribution in [3.63, 3.8) is 0 Å². The van der Waals surface area contributed by atoms with E-state index < -0.39 is 13.9 Å². The highest BCUT2D eigenvalue weighted by molar-refractivity contribution is 6.74. The molecule has 0 fully saturated rings. The predicted molar refractivity (Wildman–Crippen MR) is 92.2 cm³/mol. The van der Waals surface area contributed by atoms with Gasteiger partial charge >= 0.3 is 5.97 Å². The Morgan fingerprint density at radius 2 is 1.95 bits per heavy atom. The molecule has 124 valence electrons. The van der Waals surface area contributed by atoms with Gasteiger partial charge in [0, 0.05) is 12.5 Å². The smallest absolute Gasteiger partial charge is 0.331 e. The number of carbonyl (C=O) groups excluding carboxylic acids is 1. The highest BCUT2D eigenvalue weighted by Gasteiger charge is 2.47. The second-order valence-corrected chi connectivity index (χ2v) is 13.8. The van der Waals surface area contributed by atoms with Crippen molar-refractivity contribution >= 4 is 14.3 Å². The molecule has 0 N–H and O–H groups in total. The first kappa shape index (κ1) is 17.5. The highest BCUT2D eigenvalue weighted by Crippen LogP contribution is 2.46. The summed E-state index contributed by atoms with van der Waals surface area (Å²) in [6, 6.07) is 0. The SMILES string of the molecule is CC1(C)CC=C(CO[Si](C)(C)C(C)(C)C)[C@]2(C=CC(=O)O2)C1. The second kappa shape index (κ2) is 5.34. The molecular formula is C18H30O3Si. The molecule has 1 aliphatic carbocycles. The summed E-state index contributed by atoms with van der Waals surface area (Å²) in [7, 11) is -1.81. The molecule has 4 heteroatoms. The quantitative estimate of drug-likeness (QED) is 0.432. The molecule has 0 bridgehead atoms. The van der Waals surface area contributed by atoms with Gasteiger partial charge < -0.3 is 9.16 Å². The summed E-state index contributed by atoms with van der Waals surface area (Å²) in [5.74, 6) is -0.240. The fourth-order valence-electron chi connectivity index (χ4n) is 2.84. The van der Waals surface area contributed by atoms with Crippen LogP contribution in [0.5, 0.6) is 0 Å². The van der Waals surface area contributed by atoms with Crippen molar-refractivity contribution in [2.75, 3.05) is 6.61 Å². The molecule has 1 heterocycles. The summed E-state index contributed by atoms with van der Waals surface area (Å²) in [6.45, 7) is 16.2. The molecule has 2 aliphatic rings. The number of hydrogen-bond donors (Lipinski definition) is 0. The largest absolute Gasteiger partial charge is 0.447 e. The molecule has 1 spiro atoms. The van der Waals surface area contributed by atoms with Gasteiger partial charge in [0.1, 0.15) is 0 Å². The van der Waals surface area contributed by atoms with Crippen LogP contribution in [-0.2, 0) is 14.0 Å². The Kier molecular flexibility index (Phi) is 4.24. The average molecular weight is 323 g/mol. The fourth-order valence-corrected chi connectivity index (χ4v) is 3.79. The van der Waals surface area contributed by atoms with E-state index in [2.05, 4.69) is 53.8 Å². The van der Waals surface area contributed by atoms with E-state index in [4.69, 9.17) is 9.16 Å². The van der Waals surface area contributed by atoms with E-state index in [0.717, 1.165) is 18.4 Å². The first-order chi connectivity index (χ1) is 9.87. The Balaban J connectivity index is 2.20. The van der Waals surface area contributed by atoms with Crippen LogP contribution in [0.15, 0.2) is 23.8 Å². The van der Waals surface area contributed by atoms with Gasteiger partial charge in [0.05, 0.1) is 6.61 Å². The molecule has 0 saturated carbocycles. The minimum Gasteiger partial charge on any atom is -0.447 e. The van der Waals surface area contributed by atoms with Crippen LogP contribution in [0.1, 0.15) is 47.5 Å². The van der Waals surface area contributed by atoms with E-state index in [1.165, 1.54) is 0 Å². The van der Waals surface area contributed by atoms with Gasteiger partial charge in [-0.15, -0.1) is 0 Å². The average Bonchev–Trinajstić information content (AvgIpc) is 2.67. The van der Waals surface area contributed by atoms with Crippen molar-refractivity contribution in [2.45, 2.75) is 71.2 Å². The molecular weight excluding hydrogens is 292 g/mol. The summed E-state index contributed by atoms with van der Waals surface area (Å²) in [4.78, 5) is 11.7. The second-order valence-electron chi connectivity index (χ2n) is 8.97. The third-order valence-corrected chi connectivity index (χ3v) is 9.83. The number of allylic oxidation sites excluding steroid dienone is 1. The lowest BCUT2D eigenvalue weighted by atomic mass is 9.70. The maximum Gasteiger partial charge on any atom is 0.331 e. The topological polar surface area (TPSA) is 35.5 Å². The standard InChI is InChI=1S/C18H30O3Si/c1-16(2,3)22(6,7)20-12-14-8-10-17(4,5)13-18(14)11-9-15(19)21-18/h8-9,11H,10,12-13H2,1-7H3/t18-/m0/s1. The van der Waals surface area contributed by atoms with Crippen LogP contribution in [0.2, 0.25) is 18.1 Å². The molecule has 0 saturated heterocycles. The van der Waals surface area contributed by atoms with E-state index in [0.29, 0.717) is 6.61 Å². The Labute approximate surface area is 135 Å². The lowest BCUT2D eigenvalue weighted by molar-refractivity contribution is -0.145. The first-order valence-corrected chi connectivity index (χ1v) is 11.0. The molecule has 2 rings (SSSR count). The molecule has 1 atom stereocenters. The van der Waals surface area contributed by atoms with Crippen LogP contribution in [0.3, 0.4) is 0 Å². The molecule has 0 radical (unpaired) electrons. The summed E-state index contributed by atoms with van der Waals surface area (Å²) in [6.07, 6.45) is 7.53. The lowest BCUT2D eigenvalue weighted by Gasteiger charge is -2.43. The van der Waals surface area contributed by atoms with Gasteiger partial charge in [-0.1, -0.05) is 40.7 Å². The number of carbonyl (C=O) groups is 1. The van der Waals surface area contributed by atoms with Crippen molar-refractivity contribution in [1.82, 2.24) is 0 Å². The molecule has 22 heavy (non-hydrogen) atoms. The van der Waals surface area contributed by atoms with Crippen LogP contribution in [0.25, 0.3) is 0 Å². The normalized spacial score (nSPS) is 28.0. The fraction of sp³-hybridized carbons (Fsp3) is 0.722. The van der Waals surface area contributed by atoms with Gasteiger partial charge in [0.15, 0.2) is 13.9 Å². The van der Waals surface area contributed by atoms with Gasteiger partial charge in [0.25, 0.3) is 0 Å². The minimum absolute atomic E-state index is 0.134. The van der Waals surface area contributed by atoms with E-state index in [1.54, 1.807) is 6.08 Å². The Morgan fingerprint density at radius 3 is 2.45 bits per heavy atom. The minimum atomic E-state index is -1.81. The van der Waals surface area contributed by atoms with Crippen LogP contribution in [0, 0.1) is 5.41 Å². The third kappa shape index (κ3) is 3.38. The number of ether oxygens (including phenoxy) is 1. The first-order valence-electron chi connectivity index (χ1n) is 8.13. The molecule has 0 aromatic rings. The molecule has 0 unspecified atom stereocenters. The predicted octanol–water partition coefficient (Wildman–Crippen LogP) is 4.61. The van der Waals surface area contributed by atoms with Crippen LogP contribution in [-0.4, -0.2) is 26.5 Å². The highest BCUT2D eigenvalue weighted by atomic mass is 28.4. The van der Waals surface area contributed by atoms with Gasteiger partial charge in [-0.25, -0.2) is 4.79 Å². The van der Waals surface area contributed by atoms with Crippen molar-refractivity contribution in [2.24, 2.45) is 5.41 Å². The number of esters is 1. The zero-order chi connectivity index (χ0) is 16.8. The molecule has 0 aromatic heterocycles. The Hall–Kier alpha value is -0.873. The van der Waals surface area contributed by atoms with Gasteiger partial charge in [-0.3, -0.25) is 0 Å². The maximum atomic E-state index is 11.7. The Bertz CT molecular complexity index is 523. The van der Waals surface area contributed by atoms with Crippen LogP contribution < -0.4 is 0 Å². The van der Waals surface area contributed by atoms with Gasteiger partial charge in [-0.05, 0) is 41.6 Å². The van der Waals surface area contributed by atoms with E-state index in [1.807, 2.05) is 6.08 Å². The zero-order valence-electron chi connectivity index (χ0n) is 15.1. The summed E-state index contributed by atoms with van der Waals surface area (Å²) < 4.78 is 12.1. The van der Waals surface area contributed by atoms with Gasteiger partial charge in [-0.2, -0.15) is 0 Å². The zero-order valence-corrected chi connectivity index (χ0v) is 16.1. The summed E-state index contributed by atoms with van der Waals surface area (Å²) >= 11 is 0. The molecule has 0 amide bonds. The van der Waals surface area contributed by atoms with Crippen LogP contribution >= 0.6 is 0 Å². The summed E-state index contributed by atoms with van der Waals surface area (Å²) in [5.41, 5.74) is 0.662. The van der Waals surface area contributed by atoms with Gasteiger partial charge in [0.2, 0.25) is 0 Å². The van der Waals surface area contributed by atoms with E-state index in [-0.39, 0.29) is 16.4 Å². The number of hydrogen-bond acceptors (Lipinski definition) is 3. The van der Waals surface area contributed by atoms with Crippen molar-refractivity contribution in [3.8, 4) is 0 Å². The number of rotatable bonds is 3. The molecule has 1 aliphatic heterocycles. The monoisotopic (exact) mass is 322 g/mol. The summed E-state index contributed by atoms with van der Waals surface area (Å²) in [5, 5.41) is 0.177. The van der Waals surface area contributed by atoms with E-state index >= 15 is 0 Å². The molecule has 3 nitrogen and oxygen atoms in total. The van der Waals surface area contributed by atoms with Crippen molar-refractivity contribution in [1.29, 1.82) is 0 Å². The van der Waals surface area contributed by atoms with Crippen LogP contribution in [0.4, 0.5) is 0 Å². The molecule has 0 aromatic carbocycles. The third-order valence-electron chi connectivity index (χ3n) is 5.35. The lowest BCUT2D eigenvalue weighted by Crippen LogP contribution is -2.45.